The molecule has 3 N–H and O–H groups in total. The lowest BCUT2D eigenvalue weighted by molar-refractivity contribution is -0.141. The zero-order chi connectivity index (χ0) is 41.4. The standard InChI is InChI=1S/C42H45F3N8O6/c1-59-34-21-31-26(20-32(34)48-38(55)30-6-3-7-35(47-30)42(43,44)45)23-52(50-31)27-10-8-25(9-11-27)22-51-18-15-24(16-19-51)14-17-46-29-5-2-4-28-37(29)41(58)53(40(28)57)33-12-13-36(54)49-39(33)56/h2-7,20-21,23-25,27,33,46H,8-19,22H2,1H3,(H,48,55)(H,49,54,56)/t25-,27-,33?. The van der Waals surface area contributed by atoms with Gasteiger partial charge in [0.25, 0.3) is 17.7 Å². The molecule has 1 aliphatic carbocycles. The minimum absolute atomic E-state index is 0.0735. The highest BCUT2D eigenvalue weighted by molar-refractivity contribution is 6.25. The van der Waals surface area contributed by atoms with Crippen molar-refractivity contribution >= 4 is 51.8 Å². The SMILES string of the molecule is COc1cc2nn([C@H]3CC[C@H](CN4CCC(CCNc5cccc6c5C(=O)N(C5CCC(=O)NC5=O)C6=O)CC4)CC3)cc2cc1NC(=O)c1cccc(C(F)(F)F)n1. The van der Waals surface area contributed by atoms with E-state index in [2.05, 4.69) is 25.8 Å². The first-order valence-electron chi connectivity index (χ1n) is 20.1. The van der Waals surface area contributed by atoms with E-state index in [1.165, 1.54) is 13.2 Å². The van der Waals surface area contributed by atoms with E-state index < -0.39 is 47.4 Å². The molecule has 0 radical (unpaired) electrons. The number of likely N-dealkylation sites (tertiary alicyclic amines) is 1. The van der Waals surface area contributed by atoms with Crippen LogP contribution in [0.25, 0.3) is 10.9 Å². The molecule has 1 unspecified atom stereocenters. The third-order valence-electron chi connectivity index (χ3n) is 12.1. The maximum Gasteiger partial charge on any atom is 0.433 e. The lowest BCUT2D eigenvalue weighted by Gasteiger charge is -2.36. The third-order valence-corrected chi connectivity index (χ3v) is 12.1. The largest absolute Gasteiger partial charge is 0.494 e. The van der Waals surface area contributed by atoms with Crippen LogP contribution < -0.4 is 20.7 Å². The van der Waals surface area contributed by atoms with Gasteiger partial charge in [-0.1, -0.05) is 12.1 Å². The highest BCUT2D eigenvalue weighted by atomic mass is 19.4. The number of hydrogen-bond donors (Lipinski definition) is 3. The van der Waals surface area contributed by atoms with Crippen molar-refractivity contribution in [2.75, 3.05) is 43.9 Å². The zero-order valence-electron chi connectivity index (χ0n) is 32.5. The fourth-order valence-corrected chi connectivity index (χ4v) is 8.92. The first-order chi connectivity index (χ1) is 28.4. The number of nitrogens with zero attached hydrogens (tertiary/aromatic N) is 5. The van der Waals surface area contributed by atoms with Gasteiger partial charge in [-0.05, 0) is 107 Å². The molecule has 17 heteroatoms. The Bertz CT molecular complexity index is 2300. The first kappa shape index (κ1) is 40.0. The van der Waals surface area contributed by atoms with Gasteiger partial charge in [0, 0.05) is 42.8 Å². The summed E-state index contributed by atoms with van der Waals surface area (Å²) in [5.74, 6) is -1.40. The molecule has 5 amide bonds. The monoisotopic (exact) mass is 814 g/mol. The summed E-state index contributed by atoms with van der Waals surface area (Å²) in [6.45, 7) is 3.74. The van der Waals surface area contributed by atoms with Gasteiger partial charge in [0.05, 0.1) is 35.5 Å². The second-order valence-electron chi connectivity index (χ2n) is 15.9. The molecule has 310 valence electrons. The Morgan fingerprint density at radius 1 is 0.915 bits per heavy atom. The fourth-order valence-electron chi connectivity index (χ4n) is 8.92. The van der Waals surface area contributed by atoms with E-state index in [0.717, 1.165) is 87.0 Å². The second kappa shape index (κ2) is 16.4. The number of amides is 5. The van der Waals surface area contributed by atoms with Gasteiger partial charge in [-0.25, -0.2) is 4.98 Å². The van der Waals surface area contributed by atoms with E-state index >= 15 is 0 Å². The molecule has 4 aromatic rings. The van der Waals surface area contributed by atoms with Gasteiger partial charge in [-0.3, -0.25) is 38.9 Å². The molecule has 4 aliphatic rings. The first-order valence-corrected chi connectivity index (χ1v) is 20.1. The van der Waals surface area contributed by atoms with Crippen LogP contribution in [0.15, 0.2) is 54.7 Å². The van der Waals surface area contributed by atoms with E-state index in [-0.39, 0.29) is 35.7 Å². The van der Waals surface area contributed by atoms with E-state index in [4.69, 9.17) is 9.84 Å². The Balaban J connectivity index is 0.793. The van der Waals surface area contributed by atoms with Gasteiger partial charge in [0.2, 0.25) is 11.8 Å². The number of carbonyl (C=O) groups is 5. The molecule has 2 saturated heterocycles. The number of rotatable bonds is 11. The fraction of sp³-hybridized carbons (Fsp3) is 0.452. The zero-order valence-corrected chi connectivity index (χ0v) is 32.5. The maximum absolute atomic E-state index is 13.4. The molecule has 8 rings (SSSR count). The van der Waals surface area contributed by atoms with Crippen molar-refractivity contribution in [2.24, 2.45) is 11.8 Å². The van der Waals surface area contributed by atoms with Gasteiger partial charge in [-0.15, -0.1) is 0 Å². The Morgan fingerprint density at radius 3 is 2.41 bits per heavy atom. The van der Waals surface area contributed by atoms with Crippen molar-refractivity contribution in [1.29, 1.82) is 0 Å². The van der Waals surface area contributed by atoms with E-state index in [1.807, 2.05) is 10.9 Å². The topological polar surface area (TPSA) is 168 Å². The predicted molar refractivity (Wildman–Crippen MR) is 210 cm³/mol. The molecule has 1 saturated carbocycles. The minimum Gasteiger partial charge on any atom is -0.494 e. The number of imide groups is 2. The average molecular weight is 815 g/mol. The van der Waals surface area contributed by atoms with Crippen LogP contribution in [0.4, 0.5) is 24.5 Å². The van der Waals surface area contributed by atoms with Crippen molar-refractivity contribution < 1.29 is 41.9 Å². The lowest BCUT2D eigenvalue weighted by atomic mass is 9.85. The molecule has 14 nitrogen and oxygen atoms in total. The van der Waals surface area contributed by atoms with E-state index in [0.29, 0.717) is 41.0 Å². The van der Waals surface area contributed by atoms with E-state index in [9.17, 15) is 37.1 Å². The summed E-state index contributed by atoms with van der Waals surface area (Å²) in [5.41, 5.74) is 0.609. The summed E-state index contributed by atoms with van der Waals surface area (Å²) >= 11 is 0. The summed E-state index contributed by atoms with van der Waals surface area (Å²) in [7, 11) is 1.45. The number of hydrogen-bond acceptors (Lipinski definition) is 10. The quantitative estimate of drug-likeness (QED) is 0.152. The van der Waals surface area contributed by atoms with Crippen LogP contribution in [0.3, 0.4) is 0 Å². The number of carbonyl (C=O) groups excluding carboxylic acids is 5. The Morgan fingerprint density at radius 2 is 1.68 bits per heavy atom. The van der Waals surface area contributed by atoms with Crippen molar-refractivity contribution in [1.82, 2.24) is 29.9 Å². The van der Waals surface area contributed by atoms with Crippen molar-refractivity contribution in [3.05, 3.63) is 77.2 Å². The smallest absolute Gasteiger partial charge is 0.433 e. The number of pyridine rings is 1. The summed E-state index contributed by atoms with van der Waals surface area (Å²) < 4.78 is 47.0. The predicted octanol–water partition coefficient (Wildman–Crippen LogP) is 6.06. The summed E-state index contributed by atoms with van der Waals surface area (Å²) in [6.07, 6.45) is 4.63. The third kappa shape index (κ3) is 8.38. The van der Waals surface area contributed by atoms with Crippen LogP contribution in [-0.4, -0.2) is 93.4 Å². The lowest BCUT2D eigenvalue weighted by Crippen LogP contribution is -2.54. The maximum atomic E-state index is 13.4. The number of ether oxygens (including phenoxy) is 1. The van der Waals surface area contributed by atoms with Crippen molar-refractivity contribution in [2.45, 2.75) is 76.0 Å². The number of fused-ring (bicyclic) bond motifs is 2. The highest BCUT2D eigenvalue weighted by Crippen LogP contribution is 2.37. The van der Waals surface area contributed by atoms with Crippen LogP contribution in [-0.2, 0) is 15.8 Å². The Labute approximate surface area is 337 Å². The summed E-state index contributed by atoms with van der Waals surface area (Å²) in [6, 6.07) is 10.9. The molecule has 1 atom stereocenters. The number of methoxy groups -OCH3 is 1. The molecule has 2 aromatic carbocycles. The van der Waals surface area contributed by atoms with Gasteiger partial charge < -0.3 is 20.3 Å². The van der Waals surface area contributed by atoms with E-state index in [1.54, 1.807) is 30.3 Å². The highest BCUT2D eigenvalue weighted by Gasteiger charge is 2.45. The van der Waals surface area contributed by atoms with Crippen LogP contribution >= 0.6 is 0 Å². The molecule has 0 spiro atoms. The molecule has 0 bridgehead atoms. The van der Waals surface area contributed by atoms with Gasteiger partial charge in [0.1, 0.15) is 23.2 Å². The molecular weight excluding hydrogens is 770 g/mol. The van der Waals surface area contributed by atoms with Crippen molar-refractivity contribution in [3.8, 4) is 5.75 Å². The Kier molecular flexibility index (Phi) is 11.1. The van der Waals surface area contributed by atoms with Gasteiger partial charge in [-0.2, -0.15) is 18.3 Å². The average Bonchev–Trinajstić information content (AvgIpc) is 3.75. The summed E-state index contributed by atoms with van der Waals surface area (Å²) in [4.78, 5) is 70.6. The number of piperidine rings is 2. The van der Waals surface area contributed by atoms with Crippen LogP contribution in [0.1, 0.15) is 101 Å². The van der Waals surface area contributed by atoms with Crippen molar-refractivity contribution in [3.63, 3.8) is 0 Å². The number of halogens is 3. The van der Waals surface area contributed by atoms with Crippen LogP contribution in [0, 0.1) is 11.8 Å². The molecule has 2 aromatic heterocycles. The molecule has 3 fully saturated rings. The van der Waals surface area contributed by atoms with Crippen LogP contribution in [0.2, 0.25) is 0 Å². The number of anilines is 2. The number of aromatic nitrogens is 3. The molecule has 3 aliphatic heterocycles. The van der Waals surface area contributed by atoms with Gasteiger partial charge >= 0.3 is 6.18 Å². The molecule has 5 heterocycles. The molecule has 59 heavy (non-hydrogen) atoms. The number of benzene rings is 2. The number of alkyl halides is 3. The number of nitrogens with one attached hydrogen (secondary N) is 3. The summed E-state index contributed by atoms with van der Waals surface area (Å²) in [5, 5.41) is 13.9. The minimum atomic E-state index is -4.67. The Hall–Kier alpha value is -5.84. The normalized spacial score (nSPS) is 21.8. The van der Waals surface area contributed by atoms with Gasteiger partial charge in [0.15, 0.2) is 0 Å². The second-order valence-corrected chi connectivity index (χ2v) is 15.9. The molecular formula is C42H45F3N8O6. The van der Waals surface area contributed by atoms with Crippen LogP contribution in [0.5, 0.6) is 5.75 Å².